The Bertz CT molecular complexity index is 76.3. The van der Waals surface area contributed by atoms with Crippen LogP contribution in [0.15, 0.2) is 0 Å². The zero-order valence-corrected chi connectivity index (χ0v) is 9.18. The summed E-state index contributed by atoms with van der Waals surface area (Å²) in [6.07, 6.45) is 0. The number of hydrogen-bond acceptors (Lipinski definition) is 3. The van der Waals surface area contributed by atoms with Crippen molar-refractivity contribution in [3.63, 3.8) is 0 Å². The van der Waals surface area contributed by atoms with Crippen LogP contribution < -0.4 is 0 Å². The van der Waals surface area contributed by atoms with E-state index in [0.717, 1.165) is 0 Å². The topological polar surface area (TPSA) is 0 Å². The van der Waals surface area contributed by atoms with E-state index in [4.69, 9.17) is 0 Å². The normalized spacial score (nSPS) is 4.80. The molecule has 0 rings (SSSR count). The van der Waals surface area contributed by atoms with Crippen LogP contribution in [0.4, 0.5) is 0 Å². The van der Waals surface area contributed by atoms with Crippen molar-refractivity contribution in [2.45, 2.75) is 0 Å². The first-order valence-electron chi connectivity index (χ1n) is 0.463. The van der Waals surface area contributed by atoms with Crippen LogP contribution in [0.1, 0.15) is 0 Å². The first-order valence-corrected chi connectivity index (χ1v) is 11.4. The molecule has 0 heterocycles. The van der Waals surface area contributed by atoms with Gasteiger partial charge in [0.1, 0.15) is 0 Å². The van der Waals surface area contributed by atoms with Gasteiger partial charge in [0.25, 0.3) is 0 Å². The molecule has 0 aliphatic heterocycles. The molecule has 0 aromatic carbocycles. The third-order valence-corrected chi connectivity index (χ3v) is 0. The monoisotopic (exact) mass is 381 g/mol. The van der Waals surface area contributed by atoms with Crippen molar-refractivity contribution in [1.82, 2.24) is 0 Å². The molecule has 0 amide bonds. The molecule has 0 bridgehead atoms. The number of rotatable bonds is 0. The molecule has 0 N–H and O–H groups in total. The number of hydrogen-bond donors (Lipinski definition) is 0. The van der Waals surface area contributed by atoms with E-state index in [2.05, 4.69) is 29.8 Å². The van der Waals surface area contributed by atoms with E-state index in [0.29, 0.717) is 0 Å². The molecule has 5 heavy (non-hydrogen) atoms. The van der Waals surface area contributed by atoms with Gasteiger partial charge in [-0.2, -0.15) is 0 Å². The Morgan fingerprint density at radius 3 is 1.00 bits per heavy atom. The SMILES string of the molecule is [Mo].[S]=[Re](=[S])=[S]. The van der Waals surface area contributed by atoms with E-state index in [1.54, 1.807) is 0 Å². The molecule has 0 aromatic rings. The summed E-state index contributed by atoms with van der Waals surface area (Å²) in [6, 6.07) is 0. The van der Waals surface area contributed by atoms with Crippen LogP contribution in [0.2, 0.25) is 0 Å². The molecule has 0 atom stereocenters. The molecule has 0 aliphatic carbocycles. The molecule has 0 aliphatic rings. The molecule has 5 heteroatoms. The standard InChI is InChI=1S/Mo.Re.3S. The fourth-order valence-electron chi connectivity index (χ4n) is 0. The fourth-order valence-corrected chi connectivity index (χ4v) is 0. The third kappa shape index (κ3) is 23.9. The predicted molar refractivity (Wildman–Crippen MR) is 22.8 cm³/mol. The van der Waals surface area contributed by atoms with Crippen molar-refractivity contribution in [2.24, 2.45) is 0 Å². The van der Waals surface area contributed by atoms with Crippen LogP contribution in [0.3, 0.4) is 0 Å². The second-order valence-electron chi connectivity index (χ2n) is 0.189. The van der Waals surface area contributed by atoms with Gasteiger partial charge >= 0.3 is 41.2 Å². The zero-order valence-electron chi connectivity index (χ0n) is 2.01. The van der Waals surface area contributed by atoms with Crippen molar-refractivity contribution in [3.8, 4) is 0 Å². The molecule has 0 nitrogen and oxygen atoms in total. The van der Waals surface area contributed by atoms with Crippen LogP contribution in [-0.4, -0.2) is 0 Å². The molecule has 0 saturated heterocycles. The second kappa shape index (κ2) is 6.01. The van der Waals surface area contributed by atoms with Gasteiger partial charge < -0.3 is 0 Å². The van der Waals surface area contributed by atoms with E-state index in [1.165, 1.54) is 0 Å². The van der Waals surface area contributed by atoms with Gasteiger partial charge in [-0.15, -0.1) is 0 Å². The average Bonchev–Trinajstić information content (AvgIpc) is 0.811. The van der Waals surface area contributed by atoms with Gasteiger partial charge in [-0.1, -0.05) is 0 Å². The first-order chi connectivity index (χ1) is 1.73. The summed E-state index contributed by atoms with van der Waals surface area (Å²) in [4.78, 5) is 0. The molecule has 0 spiro atoms. The van der Waals surface area contributed by atoms with Gasteiger partial charge in [0.2, 0.25) is 0 Å². The molecule has 0 aromatic heterocycles. The van der Waals surface area contributed by atoms with Crippen molar-refractivity contribution in [2.75, 3.05) is 0 Å². The molecule has 0 saturated carbocycles. The van der Waals surface area contributed by atoms with E-state index in [9.17, 15) is 0 Å². The molecular formula is MoReS3. The van der Waals surface area contributed by atoms with Gasteiger partial charge in [0, 0.05) is 21.1 Å². The molecule has 0 radical (unpaired) electrons. The van der Waals surface area contributed by atoms with Gasteiger partial charge in [-0.3, -0.25) is 0 Å². The zero-order chi connectivity index (χ0) is 3.58. The van der Waals surface area contributed by atoms with E-state index in [-0.39, 0.29) is 21.1 Å². The van der Waals surface area contributed by atoms with Crippen molar-refractivity contribution in [3.05, 3.63) is 0 Å². The summed E-state index contributed by atoms with van der Waals surface area (Å²) in [5, 5.41) is 0. The Balaban J connectivity index is 0. The Morgan fingerprint density at radius 2 is 1.00 bits per heavy atom. The second-order valence-corrected chi connectivity index (χ2v) is 13.9. The Kier molecular flexibility index (Phi) is 12.1. The maximum atomic E-state index is 4.44. The summed E-state index contributed by atoms with van der Waals surface area (Å²) >= 11 is -1.71. The quantitative estimate of drug-likeness (QED) is 0.592. The maximum absolute atomic E-state index is 4.44. The minimum atomic E-state index is -1.71. The summed E-state index contributed by atoms with van der Waals surface area (Å²) in [5.41, 5.74) is 0. The van der Waals surface area contributed by atoms with Crippen LogP contribution in [0.5, 0.6) is 0 Å². The van der Waals surface area contributed by atoms with Gasteiger partial charge in [-0.25, -0.2) is 0 Å². The van der Waals surface area contributed by atoms with Crippen molar-refractivity contribution in [1.29, 1.82) is 0 Å². The summed E-state index contributed by atoms with van der Waals surface area (Å²) in [5.74, 6) is 0. The average molecular weight is 378 g/mol. The Labute approximate surface area is 61.4 Å². The molecule has 0 unspecified atom stereocenters. The van der Waals surface area contributed by atoms with Gasteiger partial charge in [0.15, 0.2) is 0 Å². The van der Waals surface area contributed by atoms with E-state index in [1.807, 2.05) is 0 Å². The van der Waals surface area contributed by atoms with Crippen LogP contribution in [-0.2, 0) is 32.5 Å². The van der Waals surface area contributed by atoms with Crippen molar-refractivity contribution >= 4 is 29.8 Å². The molecular weight excluding hydrogens is 378 g/mol. The van der Waals surface area contributed by atoms with Crippen LogP contribution >= 0.6 is 29.8 Å². The van der Waals surface area contributed by atoms with E-state index >= 15 is 0 Å². The predicted octanol–water partition coefficient (Wildman–Crippen LogP) is 1.94. The fraction of sp³-hybridized carbons (Fsp3) is 0. The van der Waals surface area contributed by atoms with Crippen LogP contribution in [0.25, 0.3) is 0 Å². The first kappa shape index (κ1) is 10.1. The summed E-state index contributed by atoms with van der Waals surface area (Å²) in [7, 11) is 13.3. The van der Waals surface area contributed by atoms with Crippen molar-refractivity contribution < 1.29 is 32.5 Å². The van der Waals surface area contributed by atoms with Crippen LogP contribution in [0, 0.1) is 0 Å². The summed E-state index contributed by atoms with van der Waals surface area (Å²) in [6.45, 7) is 0. The summed E-state index contributed by atoms with van der Waals surface area (Å²) < 4.78 is 0. The third-order valence-electron chi connectivity index (χ3n) is 0. The Hall–Kier alpha value is 2.01. The molecule has 0 fully saturated rings. The van der Waals surface area contributed by atoms with E-state index < -0.39 is 11.4 Å². The van der Waals surface area contributed by atoms with Gasteiger partial charge in [0.05, 0.1) is 0 Å². The van der Waals surface area contributed by atoms with Gasteiger partial charge in [-0.05, 0) is 0 Å². The minimum absolute atomic E-state index is 0. The molecule has 31 valence electrons. The Morgan fingerprint density at radius 1 is 1.00 bits per heavy atom.